The zero-order valence-electron chi connectivity index (χ0n) is 16.2. The Morgan fingerprint density at radius 3 is 2.64 bits per heavy atom. The summed E-state index contributed by atoms with van der Waals surface area (Å²) in [6.07, 6.45) is 1.59. The highest BCUT2D eigenvalue weighted by Gasteiger charge is 2.23. The zero-order chi connectivity index (χ0) is 19.8. The van der Waals surface area contributed by atoms with Crippen LogP contribution in [0.15, 0.2) is 53.5 Å². The van der Waals surface area contributed by atoms with Gasteiger partial charge < -0.3 is 19.4 Å². The van der Waals surface area contributed by atoms with E-state index in [0.29, 0.717) is 38.5 Å². The molecule has 1 atom stereocenters. The summed E-state index contributed by atoms with van der Waals surface area (Å²) in [5.41, 5.74) is 1.48. The molecule has 7 heteroatoms. The number of carbonyl (C=O) groups is 1. The molecule has 1 aromatic heterocycles. The first-order valence-corrected chi connectivity index (χ1v) is 9.53. The predicted octanol–water partition coefficient (Wildman–Crippen LogP) is 1.30. The van der Waals surface area contributed by atoms with Crippen LogP contribution < -0.4 is 10.9 Å². The van der Waals surface area contributed by atoms with Crippen molar-refractivity contribution in [3.63, 3.8) is 0 Å². The van der Waals surface area contributed by atoms with Crippen LogP contribution in [0.4, 0.5) is 0 Å². The third-order valence-electron chi connectivity index (χ3n) is 4.91. The third kappa shape index (κ3) is 5.28. The fourth-order valence-corrected chi connectivity index (χ4v) is 3.34. The summed E-state index contributed by atoms with van der Waals surface area (Å²) < 4.78 is 12.0. The van der Waals surface area contributed by atoms with Gasteiger partial charge in [0.15, 0.2) is 0 Å². The lowest BCUT2D eigenvalue weighted by Gasteiger charge is -2.35. The second-order valence-electron chi connectivity index (χ2n) is 6.73. The van der Waals surface area contributed by atoms with E-state index in [1.54, 1.807) is 19.4 Å². The van der Waals surface area contributed by atoms with E-state index in [0.717, 1.165) is 18.7 Å². The summed E-state index contributed by atoms with van der Waals surface area (Å²) in [7, 11) is 1.58. The van der Waals surface area contributed by atoms with Gasteiger partial charge in [-0.2, -0.15) is 0 Å². The monoisotopic (exact) mass is 385 g/mol. The smallest absolute Gasteiger partial charge is 0.252 e. The quantitative estimate of drug-likeness (QED) is 0.742. The van der Waals surface area contributed by atoms with Gasteiger partial charge in [-0.25, -0.2) is 0 Å². The maximum absolute atomic E-state index is 12.7. The molecule has 2 heterocycles. The Morgan fingerprint density at radius 2 is 1.93 bits per heavy atom. The molecule has 28 heavy (non-hydrogen) atoms. The Labute approximate surface area is 164 Å². The highest BCUT2D eigenvalue weighted by atomic mass is 16.5. The number of benzene rings is 1. The lowest BCUT2D eigenvalue weighted by Crippen LogP contribution is -2.43. The maximum Gasteiger partial charge on any atom is 0.252 e. The Kier molecular flexibility index (Phi) is 7.36. The Bertz CT molecular complexity index is 816. The summed E-state index contributed by atoms with van der Waals surface area (Å²) in [4.78, 5) is 26.9. The molecule has 1 N–H and O–H groups in total. The van der Waals surface area contributed by atoms with Gasteiger partial charge in [-0.3, -0.25) is 14.5 Å². The van der Waals surface area contributed by atoms with E-state index >= 15 is 0 Å². The topological polar surface area (TPSA) is 72.8 Å². The van der Waals surface area contributed by atoms with Crippen LogP contribution >= 0.6 is 0 Å². The first-order valence-electron chi connectivity index (χ1n) is 9.53. The highest BCUT2D eigenvalue weighted by Crippen LogP contribution is 2.21. The number of morpholine rings is 1. The molecule has 1 fully saturated rings. The number of nitrogens with zero attached hydrogens (tertiary/aromatic N) is 2. The molecule has 0 aliphatic carbocycles. The fourth-order valence-electron chi connectivity index (χ4n) is 3.34. The number of amides is 1. The largest absolute Gasteiger partial charge is 0.383 e. The molecular formula is C21H27N3O4. The normalized spacial score (nSPS) is 15.9. The van der Waals surface area contributed by atoms with E-state index in [1.807, 2.05) is 18.2 Å². The Balaban J connectivity index is 1.70. The van der Waals surface area contributed by atoms with Crippen LogP contribution in [0, 0.1) is 0 Å². The summed E-state index contributed by atoms with van der Waals surface area (Å²) in [6, 6.07) is 13.2. The molecule has 0 radical (unpaired) electrons. The van der Waals surface area contributed by atoms with Crippen molar-refractivity contribution in [1.82, 2.24) is 14.8 Å². The molecule has 1 saturated heterocycles. The van der Waals surface area contributed by atoms with E-state index in [4.69, 9.17) is 9.47 Å². The lowest BCUT2D eigenvalue weighted by molar-refractivity contribution is 0.0162. The van der Waals surface area contributed by atoms with Crippen LogP contribution in [0.1, 0.15) is 22.0 Å². The van der Waals surface area contributed by atoms with Gasteiger partial charge in [-0.1, -0.05) is 30.3 Å². The first kappa shape index (κ1) is 20.3. The van der Waals surface area contributed by atoms with Crippen molar-refractivity contribution in [2.24, 2.45) is 0 Å². The minimum Gasteiger partial charge on any atom is -0.383 e. The van der Waals surface area contributed by atoms with Gasteiger partial charge in [0.1, 0.15) is 0 Å². The van der Waals surface area contributed by atoms with Crippen molar-refractivity contribution in [2.45, 2.75) is 12.6 Å². The molecule has 1 amide bonds. The number of ether oxygens (including phenoxy) is 2. The predicted molar refractivity (Wildman–Crippen MR) is 106 cm³/mol. The van der Waals surface area contributed by atoms with Crippen molar-refractivity contribution in [2.75, 3.05) is 46.6 Å². The summed E-state index contributed by atoms with van der Waals surface area (Å²) >= 11 is 0. The standard InChI is InChI=1S/C21H27N3O4/c1-27-12-9-24-16-18(7-8-20(24)25)21(26)22-15-19(17-5-3-2-4-6-17)23-10-13-28-14-11-23/h2-8,16,19H,9-15H2,1H3,(H,22,26)/t19-/m0/s1. The number of nitrogens with one attached hydrogen (secondary N) is 1. The first-order chi connectivity index (χ1) is 13.7. The average molecular weight is 385 g/mol. The molecular weight excluding hydrogens is 358 g/mol. The van der Waals surface area contributed by atoms with Gasteiger partial charge in [-0.05, 0) is 11.6 Å². The van der Waals surface area contributed by atoms with Crippen LogP contribution in [0.25, 0.3) is 0 Å². The highest BCUT2D eigenvalue weighted by molar-refractivity contribution is 5.93. The molecule has 0 bridgehead atoms. The van der Waals surface area contributed by atoms with Gasteiger partial charge in [0, 0.05) is 45.6 Å². The Morgan fingerprint density at radius 1 is 1.18 bits per heavy atom. The van der Waals surface area contributed by atoms with Gasteiger partial charge in [0.25, 0.3) is 11.5 Å². The SMILES string of the molecule is COCCn1cc(C(=O)NC[C@@H](c2ccccc2)N2CCOCC2)ccc1=O. The van der Waals surface area contributed by atoms with Crippen LogP contribution in [0.2, 0.25) is 0 Å². The third-order valence-corrected chi connectivity index (χ3v) is 4.91. The van der Waals surface area contributed by atoms with Gasteiger partial charge in [0.2, 0.25) is 0 Å². The van der Waals surface area contributed by atoms with Crippen LogP contribution in [0.5, 0.6) is 0 Å². The van der Waals surface area contributed by atoms with Crippen LogP contribution in [-0.4, -0.2) is 61.9 Å². The molecule has 7 nitrogen and oxygen atoms in total. The van der Waals surface area contributed by atoms with Crippen LogP contribution in [0.3, 0.4) is 0 Å². The van der Waals surface area contributed by atoms with E-state index in [1.165, 1.54) is 10.6 Å². The van der Waals surface area contributed by atoms with E-state index < -0.39 is 0 Å². The Hall–Kier alpha value is -2.48. The average Bonchev–Trinajstić information content (AvgIpc) is 2.74. The molecule has 3 rings (SSSR count). The fraction of sp³-hybridized carbons (Fsp3) is 0.429. The van der Waals surface area contributed by atoms with Crippen molar-refractivity contribution >= 4 is 5.91 Å². The maximum atomic E-state index is 12.7. The van der Waals surface area contributed by atoms with Crippen molar-refractivity contribution in [3.05, 3.63) is 70.1 Å². The van der Waals surface area contributed by atoms with Crippen molar-refractivity contribution in [1.29, 1.82) is 0 Å². The summed E-state index contributed by atoms with van der Waals surface area (Å²) in [6.45, 7) is 4.37. The van der Waals surface area contributed by atoms with Crippen LogP contribution in [-0.2, 0) is 16.0 Å². The molecule has 0 unspecified atom stereocenters. The van der Waals surface area contributed by atoms with E-state index in [-0.39, 0.29) is 17.5 Å². The second-order valence-corrected chi connectivity index (χ2v) is 6.73. The number of hydrogen-bond acceptors (Lipinski definition) is 5. The molecule has 0 spiro atoms. The van der Waals surface area contributed by atoms with E-state index in [9.17, 15) is 9.59 Å². The van der Waals surface area contributed by atoms with Gasteiger partial charge >= 0.3 is 0 Å². The van der Waals surface area contributed by atoms with Crippen molar-refractivity contribution < 1.29 is 14.3 Å². The second kappa shape index (κ2) is 10.2. The molecule has 1 aliphatic rings. The van der Waals surface area contributed by atoms with E-state index in [2.05, 4.69) is 22.3 Å². The number of rotatable bonds is 8. The number of carbonyl (C=O) groups excluding carboxylic acids is 1. The van der Waals surface area contributed by atoms with Crippen molar-refractivity contribution in [3.8, 4) is 0 Å². The van der Waals surface area contributed by atoms with Gasteiger partial charge in [-0.15, -0.1) is 0 Å². The molecule has 150 valence electrons. The number of pyridine rings is 1. The number of hydrogen-bond donors (Lipinski definition) is 1. The van der Waals surface area contributed by atoms with Gasteiger partial charge in [0.05, 0.1) is 31.4 Å². The molecule has 1 aliphatic heterocycles. The number of aromatic nitrogens is 1. The molecule has 2 aromatic rings. The minimum atomic E-state index is -0.194. The zero-order valence-corrected chi connectivity index (χ0v) is 16.2. The molecule has 1 aromatic carbocycles. The number of methoxy groups -OCH3 is 1. The summed E-state index contributed by atoms with van der Waals surface area (Å²) in [5, 5.41) is 3.03. The minimum absolute atomic E-state index is 0.0773. The molecule has 0 saturated carbocycles. The lowest BCUT2D eigenvalue weighted by atomic mass is 10.0. The summed E-state index contributed by atoms with van der Waals surface area (Å²) in [5.74, 6) is -0.194.